The summed E-state index contributed by atoms with van der Waals surface area (Å²) >= 11 is 0. The molecule has 0 aliphatic carbocycles. The van der Waals surface area contributed by atoms with Gasteiger partial charge in [0.2, 0.25) is 0 Å². The van der Waals surface area contributed by atoms with Crippen molar-refractivity contribution in [2.45, 2.75) is 0 Å². The molecular weight excluding hydrogens is 252 g/mol. The number of ether oxygens (including phenoxy) is 3. The molecular formula is C13H14O6. The van der Waals surface area contributed by atoms with E-state index in [1.165, 1.54) is 26.4 Å². The molecule has 0 saturated heterocycles. The van der Waals surface area contributed by atoms with Gasteiger partial charge in [-0.1, -0.05) is 6.07 Å². The van der Waals surface area contributed by atoms with Gasteiger partial charge in [-0.3, -0.25) is 0 Å². The van der Waals surface area contributed by atoms with Gasteiger partial charge in [-0.25, -0.2) is 9.59 Å². The minimum Gasteiger partial charge on any atom is -0.493 e. The highest BCUT2D eigenvalue weighted by molar-refractivity contribution is 5.87. The van der Waals surface area contributed by atoms with Crippen LogP contribution in [0.2, 0.25) is 0 Å². The summed E-state index contributed by atoms with van der Waals surface area (Å²) < 4.78 is 14.6. The molecule has 0 aliphatic rings. The van der Waals surface area contributed by atoms with Gasteiger partial charge >= 0.3 is 11.9 Å². The predicted molar refractivity (Wildman–Crippen MR) is 67.2 cm³/mol. The molecule has 0 saturated carbocycles. The minimum atomic E-state index is -1.09. The SMILES string of the molecule is COC(=O)/C=C/c1ccc(OC)c(OCC(=O)O)c1. The van der Waals surface area contributed by atoms with Gasteiger partial charge in [0, 0.05) is 6.08 Å². The Bertz CT molecular complexity index is 492. The second-order valence-electron chi connectivity index (χ2n) is 3.45. The van der Waals surface area contributed by atoms with Crippen molar-refractivity contribution >= 4 is 18.0 Å². The summed E-state index contributed by atoms with van der Waals surface area (Å²) in [5.41, 5.74) is 0.659. The van der Waals surface area contributed by atoms with Gasteiger partial charge in [0.15, 0.2) is 18.1 Å². The van der Waals surface area contributed by atoms with Crippen LogP contribution in [0.5, 0.6) is 11.5 Å². The van der Waals surface area contributed by atoms with Gasteiger partial charge in [-0.2, -0.15) is 0 Å². The Labute approximate surface area is 110 Å². The summed E-state index contributed by atoms with van der Waals surface area (Å²) in [4.78, 5) is 21.4. The van der Waals surface area contributed by atoms with Gasteiger partial charge in [-0.15, -0.1) is 0 Å². The van der Waals surface area contributed by atoms with Crippen molar-refractivity contribution < 1.29 is 28.9 Å². The highest BCUT2D eigenvalue weighted by Gasteiger charge is 2.07. The molecule has 0 atom stereocenters. The van der Waals surface area contributed by atoms with Crippen LogP contribution >= 0.6 is 0 Å². The first-order chi connectivity index (χ1) is 9.06. The number of rotatable bonds is 6. The Morgan fingerprint density at radius 1 is 1.26 bits per heavy atom. The second kappa shape index (κ2) is 7.05. The van der Waals surface area contributed by atoms with Crippen LogP contribution in [0.15, 0.2) is 24.3 Å². The Morgan fingerprint density at radius 3 is 2.58 bits per heavy atom. The normalized spacial score (nSPS) is 10.2. The van der Waals surface area contributed by atoms with Crippen molar-refractivity contribution in [3.05, 3.63) is 29.8 Å². The summed E-state index contributed by atoms with van der Waals surface area (Å²) in [6, 6.07) is 4.89. The third kappa shape index (κ3) is 4.71. The van der Waals surface area contributed by atoms with E-state index in [-0.39, 0.29) is 5.75 Å². The summed E-state index contributed by atoms with van der Waals surface area (Å²) in [5.74, 6) is -0.866. The zero-order valence-corrected chi connectivity index (χ0v) is 10.6. The second-order valence-corrected chi connectivity index (χ2v) is 3.45. The fourth-order valence-electron chi connectivity index (χ4n) is 1.28. The molecule has 0 aromatic heterocycles. The van der Waals surface area contributed by atoms with Crippen LogP contribution in [0.1, 0.15) is 5.56 Å². The first kappa shape index (κ1) is 14.6. The van der Waals surface area contributed by atoms with Gasteiger partial charge in [-0.05, 0) is 23.8 Å². The highest BCUT2D eigenvalue weighted by Crippen LogP contribution is 2.28. The minimum absolute atomic E-state index is 0.289. The molecule has 0 aliphatic heterocycles. The molecule has 0 heterocycles. The topological polar surface area (TPSA) is 82.1 Å². The lowest BCUT2D eigenvalue weighted by Crippen LogP contribution is -2.10. The smallest absolute Gasteiger partial charge is 0.341 e. The van der Waals surface area contributed by atoms with E-state index >= 15 is 0 Å². The number of benzene rings is 1. The summed E-state index contributed by atoms with van der Waals surface area (Å²) in [7, 11) is 2.73. The van der Waals surface area contributed by atoms with Crippen LogP contribution in [0, 0.1) is 0 Å². The lowest BCUT2D eigenvalue weighted by atomic mass is 10.2. The molecule has 0 radical (unpaired) electrons. The number of carboxylic acids is 1. The molecule has 1 rings (SSSR count). The van der Waals surface area contributed by atoms with E-state index in [0.717, 1.165) is 0 Å². The van der Waals surface area contributed by atoms with Crippen LogP contribution in [-0.4, -0.2) is 37.9 Å². The van der Waals surface area contributed by atoms with E-state index in [9.17, 15) is 9.59 Å². The monoisotopic (exact) mass is 266 g/mol. The van der Waals surface area contributed by atoms with Gasteiger partial charge in [0.1, 0.15) is 0 Å². The number of methoxy groups -OCH3 is 2. The Morgan fingerprint density at radius 2 is 2.00 bits per heavy atom. The highest BCUT2D eigenvalue weighted by atomic mass is 16.5. The van der Waals surface area contributed by atoms with Crippen molar-refractivity contribution in [2.75, 3.05) is 20.8 Å². The molecule has 19 heavy (non-hydrogen) atoms. The van der Waals surface area contributed by atoms with Crippen molar-refractivity contribution in [2.24, 2.45) is 0 Å². The lowest BCUT2D eigenvalue weighted by Gasteiger charge is -2.09. The zero-order chi connectivity index (χ0) is 14.3. The maximum absolute atomic E-state index is 11.0. The van der Waals surface area contributed by atoms with E-state index in [0.29, 0.717) is 11.3 Å². The van der Waals surface area contributed by atoms with Gasteiger partial charge < -0.3 is 19.3 Å². The third-order valence-corrected chi connectivity index (χ3v) is 2.15. The van der Waals surface area contributed by atoms with E-state index < -0.39 is 18.5 Å². The van der Waals surface area contributed by atoms with E-state index in [4.69, 9.17) is 14.6 Å². The number of carbonyl (C=O) groups is 2. The first-order valence-electron chi connectivity index (χ1n) is 5.35. The fraction of sp³-hybridized carbons (Fsp3) is 0.231. The molecule has 0 bridgehead atoms. The first-order valence-corrected chi connectivity index (χ1v) is 5.35. The summed E-state index contributed by atoms with van der Waals surface area (Å²) in [6.07, 6.45) is 2.78. The van der Waals surface area contributed by atoms with E-state index in [1.54, 1.807) is 18.2 Å². The van der Waals surface area contributed by atoms with Crippen LogP contribution < -0.4 is 9.47 Å². The zero-order valence-electron chi connectivity index (χ0n) is 10.6. The lowest BCUT2D eigenvalue weighted by molar-refractivity contribution is -0.139. The molecule has 0 spiro atoms. The molecule has 6 heteroatoms. The molecule has 102 valence electrons. The standard InChI is InChI=1S/C13H14O6/c1-17-10-5-3-9(4-6-13(16)18-2)7-11(10)19-8-12(14)15/h3-7H,8H2,1-2H3,(H,14,15)/b6-4+. The molecule has 0 unspecified atom stereocenters. The number of carbonyl (C=O) groups excluding carboxylic acids is 1. The van der Waals surface area contributed by atoms with E-state index in [1.807, 2.05) is 0 Å². The van der Waals surface area contributed by atoms with Crippen molar-refractivity contribution in [3.63, 3.8) is 0 Å². The average molecular weight is 266 g/mol. The molecule has 1 aromatic rings. The molecule has 1 aromatic carbocycles. The number of aliphatic carboxylic acids is 1. The third-order valence-electron chi connectivity index (χ3n) is 2.15. The average Bonchev–Trinajstić information content (AvgIpc) is 2.42. The van der Waals surface area contributed by atoms with Crippen LogP contribution in [0.4, 0.5) is 0 Å². The van der Waals surface area contributed by atoms with Gasteiger partial charge in [0.25, 0.3) is 0 Å². The molecule has 0 fully saturated rings. The van der Waals surface area contributed by atoms with Crippen molar-refractivity contribution in [3.8, 4) is 11.5 Å². The Balaban J connectivity index is 2.91. The van der Waals surface area contributed by atoms with Crippen molar-refractivity contribution in [1.82, 2.24) is 0 Å². The molecule has 6 nitrogen and oxygen atoms in total. The molecule has 1 N–H and O–H groups in total. The van der Waals surface area contributed by atoms with E-state index in [2.05, 4.69) is 4.74 Å². The number of hydrogen-bond donors (Lipinski definition) is 1. The largest absolute Gasteiger partial charge is 0.493 e. The van der Waals surface area contributed by atoms with Gasteiger partial charge in [0.05, 0.1) is 14.2 Å². The Kier molecular flexibility index (Phi) is 5.40. The summed E-state index contributed by atoms with van der Waals surface area (Å²) in [6.45, 7) is -0.472. The maximum Gasteiger partial charge on any atom is 0.341 e. The fourth-order valence-corrected chi connectivity index (χ4v) is 1.28. The maximum atomic E-state index is 11.0. The Hall–Kier alpha value is -2.50. The van der Waals surface area contributed by atoms with Crippen LogP contribution in [0.25, 0.3) is 6.08 Å². The predicted octanol–water partition coefficient (Wildman–Crippen LogP) is 1.34. The molecule has 0 amide bonds. The number of esters is 1. The number of hydrogen-bond acceptors (Lipinski definition) is 5. The summed E-state index contributed by atoms with van der Waals surface area (Å²) in [5, 5.41) is 8.57. The van der Waals surface area contributed by atoms with Crippen LogP contribution in [-0.2, 0) is 14.3 Å². The van der Waals surface area contributed by atoms with Crippen LogP contribution in [0.3, 0.4) is 0 Å². The quantitative estimate of drug-likeness (QED) is 0.618. The van der Waals surface area contributed by atoms with Crippen molar-refractivity contribution in [1.29, 1.82) is 0 Å². The number of carboxylic acid groups (broad SMARTS) is 1.